The Labute approximate surface area is 177 Å². The van der Waals surface area contributed by atoms with Gasteiger partial charge in [0, 0.05) is 24.5 Å². The minimum absolute atomic E-state index is 0.0166. The van der Waals surface area contributed by atoms with Crippen molar-refractivity contribution < 1.29 is 17.9 Å². The van der Waals surface area contributed by atoms with Crippen molar-refractivity contribution in [2.75, 3.05) is 36.9 Å². The summed E-state index contributed by atoms with van der Waals surface area (Å²) in [5.41, 5.74) is 1.58. The number of ether oxygens (including phenoxy) is 1. The summed E-state index contributed by atoms with van der Waals surface area (Å²) in [7, 11) is -3.76. The van der Waals surface area contributed by atoms with Gasteiger partial charge in [0.15, 0.2) is 0 Å². The molecule has 2 rings (SSSR count). The van der Waals surface area contributed by atoms with Crippen LogP contribution < -0.4 is 15.4 Å². The van der Waals surface area contributed by atoms with Gasteiger partial charge in [0.05, 0.1) is 24.8 Å². The fourth-order valence-corrected chi connectivity index (χ4v) is 4.43. The zero-order valence-electron chi connectivity index (χ0n) is 17.3. The molecular formula is C21H26N4O4S. The van der Waals surface area contributed by atoms with Crippen LogP contribution in [0, 0.1) is 11.3 Å². The number of carbonyl (C=O) groups is 1. The Morgan fingerprint density at radius 3 is 2.27 bits per heavy atom. The van der Waals surface area contributed by atoms with Gasteiger partial charge in [0.25, 0.3) is 0 Å². The highest BCUT2D eigenvalue weighted by atomic mass is 32.2. The molecule has 0 radical (unpaired) electrons. The summed E-state index contributed by atoms with van der Waals surface area (Å²) < 4.78 is 32.8. The summed E-state index contributed by atoms with van der Waals surface area (Å²) in [4.78, 5) is 12.3. The van der Waals surface area contributed by atoms with Crippen molar-refractivity contribution in [3.63, 3.8) is 0 Å². The first-order valence-corrected chi connectivity index (χ1v) is 11.1. The summed E-state index contributed by atoms with van der Waals surface area (Å²) >= 11 is 0. The van der Waals surface area contributed by atoms with Gasteiger partial charge in [-0.25, -0.2) is 8.42 Å². The second-order valence-electron chi connectivity index (χ2n) is 6.27. The molecule has 2 N–H and O–H groups in total. The summed E-state index contributed by atoms with van der Waals surface area (Å²) in [6.07, 6.45) is 0. The van der Waals surface area contributed by atoms with E-state index < -0.39 is 10.0 Å². The Balaban J connectivity index is 2.17. The normalized spacial score (nSPS) is 11.0. The second kappa shape index (κ2) is 10.6. The Hall–Kier alpha value is -3.09. The van der Waals surface area contributed by atoms with Gasteiger partial charge in [0.1, 0.15) is 10.6 Å². The first-order valence-electron chi connectivity index (χ1n) is 9.66. The van der Waals surface area contributed by atoms with Crippen LogP contribution in [0.4, 0.5) is 11.4 Å². The molecule has 9 heteroatoms. The van der Waals surface area contributed by atoms with Gasteiger partial charge in [-0.3, -0.25) is 4.79 Å². The molecule has 0 aliphatic carbocycles. The smallest absolute Gasteiger partial charge is 0.246 e. The first kappa shape index (κ1) is 23.2. The predicted octanol–water partition coefficient (Wildman–Crippen LogP) is 3.04. The van der Waals surface area contributed by atoms with Crippen LogP contribution in [0.3, 0.4) is 0 Å². The third-order valence-electron chi connectivity index (χ3n) is 4.32. The van der Waals surface area contributed by atoms with E-state index in [1.807, 2.05) is 6.07 Å². The molecule has 0 aliphatic heterocycles. The van der Waals surface area contributed by atoms with Gasteiger partial charge in [0.2, 0.25) is 15.9 Å². The SMILES string of the molecule is CCOc1ccc(NC(=O)CNc2ccc(C#N)cc2)cc1S(=O)(=O)N(CC)CC. The quantitative estimate of drug-likeness (QED) is 0.599. The van der Waals surface area contributed by atoms with Gasteiger partial charge in [-0.2, -0.15) is 9.57 Å². The summed E-state index contributed by atoms with van der Waals surface area (Å²) in [6, 6.07) is 13.3. The minimum atomic E-state index is -3.76. The monoisotopic (exact) mass is 430 g/mol. The number of carbonyl (C=O) groups excluding carboxylic acids is 1. The van der Waals surface area contributed by atoms with E-state index in [0.717, 1.165) is 0 Å². The van der Waals surface area contributed by atoms with E-state index in [4.69, 9.17) is 10.00 Å². The molecule has 30 heavy (non-hydrogen) atoms. The molecule has 0 atom stereocenters. The number of nitriles is 1. The van der Waals surface area contributed by atoms with Crippen LogP contribution in [0.15, 0.2) is 47.4 Å². The van der Waals surface area contributed by atoms with Crippen LogP contribution in [0.5, 0.6) is 5.75 Å². The van der Waals surface area contributed by atoms with E-state index >= 15 is 0 Å². The molecular weight excluding hydrogens is 404 g/mol. The first-order chi connectivity index (χ1) is 14.3. The molecule has 0 heterocycles. The molecule has 2 aromatic carbocycles. The van der Waals surface area contributed by atoms with Crippen molar-refractivity contribution in [3.05, 3.63) is 48.0 Å². The molecule has 0 aliphatic rings. The van der Waals surface area contributed by atoms with E-state index in [9.17, 15) is 13.2 Å². The number of benzene rings is 2. The average molecular weight is 431 g/mol. The number of amides is 1. The summed E-state index contributed by atoms with van der Waals surface area (Å²) in [5.74, 6) is -0.0900. The largest absolute Gasteiger partial charge is 0.492 e. The van der Waals surface area contributed by atoms with Crippen molar-refractivity contribution >= 4 is 27.3 Å². The molecule has 8 nitrogen and oxygen atoms in total. The molecule has 0 bridgehead atoms. The van der Waals surface area contributed by atoms with Gasteiger partial charge in [-0.1, -0.05) is 13.8 Å². The Morgan fingerprint density at radius 1 is 1.07 bits per heavy atom. The standard InChI is InChI=1S/C21H26N4O4S/c1-4-25(5-2)30(27,28)20-13-18(11-12-19(20)29-6-3)24-21(26)15-23-17-9-7-16(14-22)8-10-17/h7-13,23H,4-6,15H2,1-3H3,(H,24,26). The molecule has 2 aromatic rings. The summed E-state index contributed by atoms with van der Waals surface area (Å²) in [5, 5.41) is 14.5. The van der Waals surface area contributed by atoms with E-state index in [0.29, 0.717) is 36.6 Å². The Morgan fingerprint density at radius 2 is 1.70 bits per heavy atom. The highest BCUT2D eigenvalue weighted by Gasteiger charge is 2.26. The highest BCUT2D eigenvalue weighted by molar-refractivity contribution is 7.89. The number of hydrogen-bond donors (Lipinski definition) is 2. The zero-order chi connectivity index (χ0) is 22.1. The van der Waals surface area contributed by atoms with Crippen molar-refractivity contribution in [1.29, 1.82) is 5.26 Å². The van der Waals surface area contributed by atoms with E-state index in [1.54, 1.807) is 57.2 Å². The van der Waals surface area contributed by atoms with Gasteiger partial charge >= 0.3 is 0 Å². The number of nitrogens with zero attached hydrogens (tertiary/aromatic N) is 2. The maximum atomic E-state index is 13.0. The Bertz CT molecular complexity index is 1010. The predicted molar refractivity (Wildman–Crippen MR) is 116 cm³/mol. The molecule has 0 saturated carbocycles. The molecule has 0 spiro atoms. The average Bonchev–Trinajstić information content (AvgIpc) is 2.74. The minimum Gasteiger partial charge on any atom is -0.492 e. The number of rotatable bonds is 10. The molecule has 0 unspecified atom stereocenters. The van der Waals surface area contributed by atoms with Gasteiger partial charge in [-0.15, -0.1) is 0 Å². The lowest BCUT2D eigenvalue weighted by atomic mass is 10.2. The van der Waals surface area contributed by atoms with Crippen LogP contribution in [-0.2, 0) is 14.8 Å². The third-order valence-corrected chi connectivity index (χ3v) is 6.39. The molecule has 0 aromatic heterocycles. The van der Waals surface area contributed by atoms with Crippen molar-refractivity contribution in [1.82, 2.24) is 4.31 Å². The topological polar surface area (TPSA) is 112 Å². The molecule has 0 saturated heterocycles. The fraction of sp³-hybridized carbons (Fsp3) is 0.333. The zero-order valence-corrected chi connectivity index (χ0v) is 18.1. The Kier molecular flexibility index (Phi) is 8.21. The molecule has 0 fully saturated rings. The maximum Gasteiger partial charge on any atom is 0.246 e. The van der Waals surface area contributed by atoms with Crippen molar-refractivity contribution in [3.8, 4) is 11.8 Å². The molecule has 160 valence electrons. The fourth-order valence-electron chi connectivity index (χ4n) is 2.81. The van der Waals surface area contributed by atoms with Crippen molar-refractivity contribution in [2.45, 2.75) is 25.7 Å². The van der Waals surface area contributed by atoms with Crippen LogP contribution in [0.1, 0.15) is 26.3 Å². The lowest BCUT2D eigenvalue weighted by molar-refractivity contribution is -0.114. The number of anilines is 2. The van der Waals surface area contributed by atoms with Gasteiger partial charge in [-0.05, 0) is 49.4 Å². The van der Waals surface area contributed by atoms with Gasteiger partial charge < -0.3 is 15.4 Å². The maximum absolute atomic E-state index is 13.0. The summed E-state index contributed by atoms with van der Waals surface area (Å²) in [6.45, 7) is 6.27. The van der Waals surface area contributed by atoms with Crippen molar-refractivity contribution in [2.24, 2.45) is 0 Å². The third kappa shape index (κ3) is 5.72. The lowest BCUT2D eigenvalue weighted by Crippen LogP contribution is -2.31. The van der Waals surface area contributed by atoms with E-state index in [-0.39, 0.29) is 23.1 Å². The van der Waals surface area contributed by atoms with E-state index in [2.05, 4.69) is 10.6 Å². The van der Waals surface area contributed by atoms with Crippen LogP contribution in [0.25, 0.3) is 0 Å². The second-order valence-corrected chi connectivity index (χ2v) is 8.18. The lowest BCUT2D eigenvalue weighted by Gasteiger charge is -2.21. The van der Waals surface area contributed by atoms with Crippen LogP contribution in [0.2, 0.25) is 0 Å². The number of hydrogen-bond acceptors (Lipinski definition) is 6. The van der Waals surface area contributed by atoms with Crippen LogP contribution >= 0.6 is 0 Å². The number of nitrogens with one attached hydrogen (secondary N) is 2. The highest BCUT2D eigenvalue weighted by Crippen LogP contribution is 2.30. The molecule has 1 amide bonds. The number of sulfonamides is 1. The van der Waals surface area contributed by atoms with Crippen LogP contribution in [-0.4, -0.2) is 44.9 Å². The van der Waals surface area contributed by atoms with E-state index in [1.165, 1.54) is 10.4 Å².